The van der Waals surface area contributed by atoms with Crippen molar-refractivity contribution in [3.8, 4) is 0 Å². The van der Waals surface area contributed by atoms with E-state index in [-0.39, 0.29) is 28.5 Å². The Morgan fingerprint density at radius 2 is 1.89 bits per heavy atom. The van der Waals surface area contributed by atoms with Gasteiger partial charge in [-0.25, -0.2) is 4.98 Å². The van der Waals surface area contributed by atoms with E-state index in [2.05, 4.69) is 15.0 Å². The molecule has 37 heavy (non-hydrogen) atoms. The van der Waals surface area contributed by atoms with E-state index in [0.29, 0.717) is 43.3 Å². The number of thioether (sulfide) groups is 1. The Kier molecular flexibility index (Phi) is 9.81. The van der Waals surface area contributed by atoms with Crippen LogP contribution < -0.4 is 11.3 Å². The molecule has 0 saturated heterocycles. The van der Waals surface area contributed by atoms with Crippen molar-refractivity contribution in [1.82, 2.24) is 19.5 Å². The van der Waals surface area contributed by atoms with Gasteiger partial charge in [0.1, 0.15) is 6.35 Å². The van der Waals surface area contributed by atoms with Crippen LogP contribution in [-0.4, -0.2) is 49.9 Å². The van der Waals surface area contributed by atoms with Crippen molar-refractivity contribution < 1.29 is 18.6 Å². The average Bonchev–Trinajstić information content (AvgIpc) is 3.31. The molecule has 0 fully saturated rings. The van der Waals surface area contributed by atoms with Crippen LogP contribution in [0, 0.1) is 6.92 Å². The molecule has 0 aliphatic rings. The number of carbonyl (C=O) groups is 1. The number of imidazole rings is 1. The fourth-order valence-electron chi connectivity index (χ4n) is 3.31. The highest BCUT2D eigenvalue weighted by molar-refractivity contribution is 8.14. The molecule has 3 N–H and O–H groups in total. The second-order valence-corrected chi connectivity index (χ2v) is 10.5. The second kappa shape index (κ2) is 13.5. The highest BCUT2D eigenvalue weighted by Gasteiger charge is 2.14. The predicted octanol–water partition coefficient (Wildman–Crippen LogP) is 4.10. The second-order valence-electron chi connectivity index (χ2n) is 8.03. The number of benzene rings is 2. The number of hydrogen-bond acceptors (Lipinski definition) is 9. The molecule has 194 valence electrons. The van der Waals surface area contributed by atoms with Crippen LogP contribution in [0.2, 0.25) is 0 Å². The number of rotatable bonds is 13. The first-order valence-corrected chi connectivity index (χ1v) is 13.9. The molecular weight excluding hydrogens is 513 g/mol. The molecule has 2 heterocycles. The van der Waals surface area contributed by atoms with Gasteiger partial charge in [-0.1, -0.05) is 71.9 Å². The molecule has 1 unspecified atom stereocenters. The summed E-state index contributed by atoms with van der Waals surface area (Å²) in [5, 5.41) is 0.00555. The Morgan fingerprint density at radius 1 is 1.11 bits per heavy atom. The Morgan fingerprint density at radius 3 is 2.68 bits per heavy atom. The number of nitrogens with zero attached hydrogens (tertiary/aromatic N) is 3. The summed E-state index contributed by atoms with van der Waals surface area (Å²) >= 11 is 1.21. The van der Waals surface area contributed by atoms with Gasteiger partial charge >= 0.3 is 0 Å². The molecule has 2 aromatic heterocycles. The monoisotopic (exact) mass is 541 g/mol. The van der Waals surface area contributed by atoms with E-state index < -0.39 is 8.38 Å². The van der Waals surface area contributed by atoms with Crippen LogP contribution in [0.1, 0.15) is 21.5 Å². The maximum absolute atomic E-state index is 12.3. The van der Waals surface area contributed by atoms with Crippen LogP contribution >= 0.6 is 20.1 Å². The van der Waals surface area contributed by atoms with Gasteiger partial charge in [-0.3, -0.25) is 14.6 Å². The minimum absolute atomic E-state index is 0.00555. The largest absolute Gasteiger partial charge is 0.370 e. The fraction of sp³-hybridized carbons (Fsp3) is 0.280. The van der Waals surface area contributed by atoms with Crippen molar-refractivity contribution >= 4 is 42.4 Å². The van der Waals surface area contributed by atoms with Crippen LogP contribution in [0.15, 0.2) is 65.7 Å². The molecule has 1 atom stereocenters. The summed E-state index contributed by atoms with van der Waals surface area (Å²) in [5.41, 5.74) is 8.78. The van der Waals surface area contributed by atoms with Gasteiger partial charge in [0.2, 0.25) is 11.1 Å². The van der Waals surface area contributed by atoms with Gasteiger partial charge in [0.05, 0.1) is 26.1 Å². The number of nitrogens with one attached hydrogen (secondary N) is 1. The predicted molar refractivity (Wildman–Crippen MR) is 145 cm³/mol. The van der Waals surface area contributed by atoms with Crippen LogP contribution in [0.4, 0.5) is 5.95 Å². The summed E-state index contributed by atoms with van der Waals surface area (Å²) in [7, 11) is -1.35. The third-order valence-electron chi connectivity index (χ3n) is 5.22. The number of anilines is 1. The molecule has 0 aliphatic heterocycles. The van der Waals surface area contributed by atoms with Gasteiger partial charge in [0.25, 0.3) is 5.56 Å². The molecule has 4 rings (SSSR count). The van der Waals surface area contributed by atoms with Gasteiger partial charge in [-0.2, -0.15) is 4.98 Å². The van der Waals surface area contributed by atoms with E-state index >= 15 is 0 Å². The van der Waals surface area contributed by atoms with E-state index in [1.54, 1.807) is 16.7 Å². The quantitative estimate of drug-likeness (QED) is 0.189. The number of nitrogen functional groups attached to an aromatic ring is 1. The van der Waals surface area contributed by atoms with Gasteiger partial charge in [0.15, 0.2) is 19.5 Å². The first kappa shape index (κ1) is 27.0. The van der Waals surface area contributed by atoms with E-state index in [1.165, 1.54) is 23.7 Å². The standard InChI is InChI=1S/C25H28N5O5PS/c1-18-7-9-19(10-8-18)15-35-36(34-13-14-37-24(32)20-5-3-2-4-6-20)17-33-12-11-30-16-27-21-22(30)28-25(26)29-23(21)31/h2-10,16H,11-15,17H2,1H3,(H3,26,28,29,31). The highest BCUT2D eigenvalue weighted by Crippen LogP contribution is 2.39. The van der Waals surface area contributed by atoms with Crippen molar-refractivity contribution in [3.05, 3.63) is 88.0 Å². The van der Waals surface area contributed by atoms with Crippen molar-refractivity contribution in [2.75, 3.05) is 31.0 Å². The number of fused-ring (bicyclic) bond motifs is 1. The Bertz CT molecular complexity index is 1360. The molecule has 0 bridgehead atoms. The first-order chi connectivity index (χ1) is 18.0. The number of carbonyl (C=O) groups excluding carboxylic acids is 1. The third kappa shape index (κ3) is 7.95. The van der Waals surface area contributed by atoms with Crippen molar-refractivity contribution in [2.45, 2.75) is 20.1 Å². The number of aryl methyl sites for hydroxylation is 1. The summed E-state index contributed by atoms with van der Waals surface area (Å²) in [4.78, 5) is 34.9. The molecular formula is C25H28N5O5PS. The lowest BCUT2D eigenvalue weighted by Crippen LogP contribution is -2.13. The zero-order valence-corrected chi connectivity index (χ0v) is 22.0. The maximum atomic E-state index is 12.3. The highest BCUT2D eigenvalue weighted by atomic mass is 32.2. The SMILES string of the molecule is Cc1ccc(COP(COCCn2cnc3c(=O)[nH]c(N)nc32)OCCSC(=O)c2ccccc2)cc1. The van der Waals surface area contributed by atoms with Crippen LogP contribution in [0.3, 0.4) is 0 Å². The van der Waals surface area contributed by atoms with Crippen molar-refractivity contribution in [1.29, 1.82) is 0 Å². The van der Waals surface area contributed by atoms with E-state index in [1.807, 2.05) is 49.4 Å². The van der Waals surface area contributed by atoms with Gasteiger partial charge in [0, 0.05) is 17.9 Å². The number of ether oxygens (including phenoxy) is 1. The molecule has 0 saturated carbocycles. The van der Waals surface area contributed by atoms with Crippen molar-refractivity contribution in [3.63, 3.8) is 0 Å². The number of aromatic nitrogens is 4. The molecule has 0 radical (unpaired) electrons. The lowest BCUT2D eigenvalue weighted by molar-refractivity contribution is 0.108. The molecule has 2 aromatic carbocycles. The normalized spacial score (nSPS) is 12.1. The zero-order chi connectivity index (χ0) is 26.0. The van der Waals surface area contributed by atoms with E-state index in [0.717, 1.165) is 5.56 Å². The number of H-pyrrole nitrogens is 1. The average molecular weight is 542 g/mol. The summed E-state index contributed by atoms with van der Waals surface area (Å²) in [5.74, 6) is 0.536. The van der Waals surface area contributed by atoms with E-state index in [4.69, 9.17) is 19.5 Å². The summed E-state index contributed by atoms with van der Waals surface area (Å²) in [6.45, 7) is 3.53. The summed E-state index contributed by atoms with van der Waals surface area (Å²) in [6.07, 6.45) is 1.78. The number of hydrogen-bond donors (Lipinski definition) is 2. The van der Waals surface area contributed by atoms with Gasteiger partial charge in [-0.05, 0) is 12.5 Å². The van der Waals surface area contributed by atoms with Gasteiger partial charge in [-0.15, -0.1) is 0 Å². The van der Waals surface area contributed by atoms with Crippen molar-refractivity contribution in [2.24, 2.45) is 0 Å². The maximum Gasteiger partial charge on any atom is 0.280 e. The smallest absolute Gasteiger partial charge is 0.280 e. The molecule has 10 nitrogen and oxygen atoms in total. The Labute approximate surface area is 219 Å². The molecule has 0 spiro atoms. The van der Waals surface area contributed by atoms with Crippen LogP contribution in [-0.2, 0) is 26.9 Å². The Hall–Kier alpha value is -3.08. The summed E-state index contributed by atoms with van der Waals surface area (Å²) < 4.78 is 19.5. The topological polar surface area (TPSA) is 134 Å². The third-order valence-corrected chi connectivity index (χ3v) is 7.37. The number of nitrogens with two attached hydrogens (primary N) is 1. The van der Waals surface area contributed by atoms with Crippen LogP contribution in [0.25, 0.3) is 11.2 Å². The zero-order valence-electron chi connectivity index (χ0n) is 20.3. The fourth-order valence-corrected chi connectivity index (χ4v) is 5.18. The lowest BCUT2D eigenvalue weighted by Gasteiger charge is -2.18. The minimum Gasteiger partial charge on any atom is -0.370 e. The Balaban J connectivity index is 1.27. The molecule has 0 amide bonds. The molecule has 12 heteroatoms. The lowest BCUT2D eigenvalue weighted by atomic mass is 10.2. The van der Waals surface area contributed by atoms with Crippen LogP contribution in [0.5, 0.6) is 0 Å². The first-order valence-electron chi connectivity index (χ1n) is 11.6. The molecule has 0 aliphatic carbocycles. The van der Waals surface area contributed by atoms with Gasteiger partial charge < -0.3 is 24.1 Å². The number of aromatic amines is 1. The molecule has 4 aromatic rings. The summed E-state index contributed by atoms with van der Waals surface area (Å²) in [6, 6.07) is 17.3. The van der Waals surface area contributed by atoms with E-state index in [9.17, 15) is 9.59 Å². The minimum atomic E-state index is -1.35.